The Hall–Kier alpha value is -1.16. The van der Waals surface area contributed by atoms with Crippen molar-refractivity contribution in [2.45, 2.75) is 44.9 Å². The molecule has 7 heteroatoms. The predicted octanol–water partition coefficient (Wildman–Crippen LogP) is 2.71. The molecule has 0 aliphatic carbocycles. The van der Waals surface area contributed by atoms with Crippen molar-refractivity contribution in [3.8, 4) is 0 Å². The van der Waals surface area contributed by atoms with E-state index in [1.54, 1.807) is 0 Å². The Bertz CT molecular complexity index is 739. The van der Waals surface area contributed by atoms with E-state index in [-0.39, 0.29) is 12.6 Å². The molecule has 1 aromatic carbocycles. The molecule has 0 saturated heterocycles. The third-order valence-electron chi connectivity index (χ3n) is 3.93. The molecule has 6 nitrogen and oxygen atoms in total. The molecule has 0 radical (unpaired) electrons. The first-order chi connectivity index (χ1) is 12.2. The third kappa shape index (κ3) is 5.94. The van der Waals surface area contributed by atoms with Gasteiger partial charge in [-0.25, -0.2) is 0 Å². The Balaban J connectivity index is 1.88. The average Bonchev–Trinajstić information content (AvgIpc) is 2.88. The maximum Gasteiger partial charge on any atom is 0.325 e. The molecule has 2 rings (SSSR count). The number of nitrogens with zero attached hydrogens (tertiary/aromatic N) is 1. The monoisotopic (exact) mass is 473 g/mol. The van der Waals surface area contributed by atoms with E-state index < -0.39 is 17.6 Å². The smallest absolute Gasteiger partial charge is 0.325 e. The number of nitrogens with one attached hydrogen (secondary N) is 1. The SMILES string of the molecule is Cn1cc(C[C@@H](COC[C@H](N)C(=O)OC(C)(C)C)NI)c2ccccc21. The Morgan fingerprint density at radius 2 is 2.00 bits per heavy atom. The largest absolute Gasteiger partial charge is 0.459 e. The Labute approximate surface area is 168 Å². The standard InChI is InChI=1S/C19H28IN3O3/c1-19(2,3)26-18(24)16(21)12-25-11-14(22-20)9-13-10-23(4)17-8-6-5-7-15(13)17/h5-8,10,14,16,22H,9,11-12,21H2,1-4H3/t14-,16-/m0/s1. The summed E-state index contributed by atoms with van der Waals surface area (Å²) in [5.41, 5.74) is 7.78. The summed E-state index contributed by atoms with van der Waals surface area (Å²) in [5, 5.41) is 1.25. The van der Waals surface area contributed by atoms with E-state index in [9.17, 15) is 4.79 Å². The van der Waals surface area contributed by atoms with Gasteiger partial charge in [-0.05, 0) is 38.8 Å². The second kappa shape index (κ2) is 9.16. The van der Waals surface area contributed by atoms with Crippen molar-refractivity contribution in [3.05, 3.63) is 36.0 Å². The molecule has 3 N–H and O–H groups in total. The number of aryl methyl sites for hydroxylation is 1. The molecule has 2 atom stereocenters. The Kier molecular flexibility index (Phi) is 7.45. The summed E-state index contributed by atoms with van der Waals surface area (Å²) in [5.74, 6) is -0.439. The number of carbonyl (C=O) groups is 1. The van der Waals surface area contributed by atoms with Crippen LogP contribution >= 0.6 is 22.9 Å². The van der Waals surface area contributed by atoms with E-state index in [2.05, 4.69) is 62.4 Å². The fraction of sp³-hybridized carbons (Fsp3) is 0.526. The first-order valence-corrected chi connectivity index (χ1v) is 9.74. The van der Waals surface area contributed by atoms with E-state index in [1.807, 2.05) is 26.8 Å². The Morgan fingerprint density at radius 1 is 1.31 bits per heavy atom. The minimum atomic E-state index is -0.776. The maximum atomic E-state index is 11.9. The zero-order chi connectivity index (χ0) is 19.3. The highest BCUT2D eigenvalue weighted by atomic mass is 127. The van der Waals surface area contributed by atoms with Gasteiger partial charge in [0.05, 0.1) is 13.2 Å². The minimum Gasteiger partial charge on any atom is -0.459 e. The van der Waals surface area contributed by atoms with Crippen molar-refractivity contribution in [2.75, 3.05) is 13.2 Å². The lowest BCUT2D eigenvalue weighted by atomic mass is 10.1. The summed E-state index contributed by atoms with van der Waals surface area (Å²) in [6.07, 6.45) is 2.98. The first kappa shape index (κ1) is 21.1. The number of carbonyl (C=O) groups excluding carboxylic acids is 1. The number of esters is 1. The van der Waals surface area contributed by atoms with Gasteiger partial charge in [-0.3, -0.25) is 8.32 Å². The molecule has 1 aromatic heterocycles. The van der Waals surface area contributed by atoms with Gasteiger partial charge in [-0.15, -0.1) is 0 Å². The quantitative estimate of drug-likeness (QED) is 0.350. The summed E-state index contributed by atoms with van der Waals surface area (Å²) < 4.78 is 16.3. The molecule has 144 valence electrons. The van der Waals surface area contributed by atoms with E-state index in [0.29, 0.717) is 6.61 Å². The van der Waals surface area contributed by atoms with E-state index in [0.717, 1.165) is 6.42 Å². The van der Waals surface area contributed by atoms with Gasteiger partial charge in [0.15, 0.2) is 0 Å². The Morgan fingerprint density at radius 3 is 2.65 bits per heavy atom. The second-order valence-corrected chi connectivity index (χ2v) is 8.09. The van der Waals surface area contributed by atoms with Crippen LogP contribution < -0.4 is 9.26 Å². The number of nitrogens with two attached hydrogens (primary N) is 1. The normalized spacial score (nSPS) is 14.4. The number of benzene rings is 1. The molecule has 0 bridgehead atoms. The first-order valence-electron chi connectivity index (χ1n) is 8.66. The number of ether oxygens (including phenoxy) is 2. The summed E-state index contributed by atoms with van der Waals surface area (Å²) in [6.45, 7) is 6.05. The maximum absolute atomic E-state index is 11.9. The number of para-hydroxylation sites is 1. The van der Waals surface area contributed by atoms with Gasteiger partial charge in [0, 0.05) is 53.1 Å². The zero-order valence-corrected chi connectivity index (χ0v) is 17.9. The van der Waals surface area contributed by atoms with Crippen LogP contribution in [-0.4, -0.2) is 41.4 Å². The third-order valence-corrected chi connectivity index (χ3v) is 4.81. The van der Waals surface area contributed by atoms with Crippen LogP contribution in [0.2, 0.25) is 0 Å². The van der Waals surface area contributed by atoms with Gasteiger partial charge in [-0.2, -0.15) is 0 Å². The lowest BCUT2D eigenvalue weighted by molar-refractivity contribution is -0.158. The van der Waals surface area contributed by atoms with Crippen LogP contribution in [0.25, 0.3) is 10.9 Å². The average molecular weight is 473 g/mol. The van der Waals surface area contributed by atoms with Crippen LogP contribution in [0.4, 0.5) is 0 Å². The molecule has 0 aliphatic rings. The fourth-order valence-corrected chi connectivity index (χ4v) is 3.17. The van der Waals surface area contributed by atoms with E-state index >= 15 is 0 Å². The molecule has 0 amide bonds. The van der Waals surface area contributed by atoms with Gasteiger partial charge in [0.25, 0.3) is 0 Å². The van der Waals surface area contributed by atoms with Crippen molar-refractivity contribution in [1.82, 2.24) is 8.10 Å². The number of aromatic nitrogens is 1. The topological polar surface area (TPSA) is 78.5 Å². The van der Waals surface area contributed by atoms with Gasteiger partial charge < -0.3 is 19.8 Å². The van der Waals surface area contributed by atoms with Gasteiger partial charge in [-0.1, -0.05) is 18.2 Å². The van der Waals surface area contributed by atoms with E-state index in [4.69, 9.17) is 15.2 Å². The van der Waals surface area contributed by atoms with Crippen LogP contribution in [0, 0.1) is 0 Å². The minimum absolute atomic E-state index is 0.118. The van der Waals surface area contributed by atoms with Crippen LogP contribution in [0.3, 0.4) is 0 Å². The molecular formula is C19H28IN3O3. The van der Waals surface area contributed by atoms with Crippen LogP contribution in [-0.2, 0) is 27.7 Å². The summed E-state index contributed by atoms with van der Waals surface area (Å²) in [4.78, 5) is 11.9. The molecular weight excluding hydrogens is 445 g/mol. The molecule has 2 aromatic rings. The van der Waals surface area contributed by atoms with E-state index in [1.165, 1.54) is 16.5 Å². The van der Waals surface area contributed by atoms with Gasteiger partial charge in [0.2, 0.25) is 0 Å². The highest BCUT2D eigenvalue weighted by molar-refractivity contribution is 14.1. The molecule has 0 aliphatic heterocycles. The van der Waals surface area contributed by atoms with Crippen LogP contribution in [0.1, 0.15) is 26.3 Å². The van der Waals surface area contributed by atoms with Gasteiger partial charge in [0.1, 0.15) is 11.6 Å². The molecule has 0 unspecified atom stereocenters. The highest BCUT2D eigenvalue weighted by Gasteiger charge is 2.22. The summed E-state index contributed by atoms with van der Waals surface area (Å²) in [6, 6.07) is 7.68. The number of hydrogen-bond acceptors (Lipinski definition) is 5. The fourth-order valence-electron chi connectivity index (χ4n) is 2.77. The summed E-state index contributed by atoms with van der Waals surface area (Å²) in [7, 11) is 2.05. The van der Waals surface area contributed by atoms with Crippen molar-refractivity contribution >= 4 is 39.7 Å². The van der Waals surface area contributed by atoms with Gasteiger partial charge >= 0.3 is 5.97 Å². The number of hydrogen-bond donors (Lipinski definition) is 2. The predicted molar refractivity (Wildman–Crippen MR) is 112 cm³/mol. The molecule has 0 saturated carbocycles. The zero-order valence-electron chi connectivity index (χ0n) is 15.8. The molecule has 26 heavy (non-hydrogen) atoms. The molecule has 0 fully saturated rings. The number of rotatable bonds is 8. The van der Waals surface area contributed by atoms with Crippen molar-refractivity contribution < 1.29 is 14.3 Å². The van der Waals surface area contributed by atoms with Crippen LogP contribution in [0.5, 0.6) is 0 Å². The van der Waals surface area contributed by atoms with Crippen molar-refractivity contribution in [2.24, 2.45) is 12.8 Å². The van der Waals surface area contributed by atoms with Crippen molar-refractivity contribution in [1.29, 1.82) is 0 Å². The van der Waals surface area contributed by atoms with Crippen LogP contribution in [0.15, 0.2) is 30.5 Å². The highest BCUT2D eigenvalue weighted by Crippen LogP contribution is 2.21. The lowest BCUT2D eigenvalue weighted by Gasteiger charge is -2.22. The second-order valence-electron chi connectivity index (χ2n) is 7.47. The lowest BCUT2D eigenvalue weighted by Crippen LogP contribution is -2.41. The number of fused-ring (bicyclic) bond motifs is 1. The summed E-state index contributed by atoms with van der Waals surface area (Å²) >= 11 is 2.14. The molecule has 0 spiro atoms. The van der Waals surface area contributed by atoms with Crippen molar-refractivity contribution in [3.63, 3.8) is 0 Å². The number of halogens is 1. The molecule has 1 heterocycles.